The minimum Gasteiger partial charge on any atom is -0.491 e. The van der Waals surface area contributed by atoms with Crippen LogP contribution in [0.15, 0.2) is 48.5 Å². The average Bonchev–Trinajstić information content (AvgIpc) is 2.59. The van der Waals surface area contributed by atoms with Gasteiger partial charge in [0.05, 0.1) is 12.3 Å². The van der Waals surface area contributed by atoms with Gasteiger partial charge in [0.2, 0.25) is 5.91 Å². The Kier molecular flexibility index (Phi) is 6.43. The molecule has 0 atom stereocenters. The number of nitrogen functional groups attached to an aromatic ring is 1. The Hall–Kier alpha value is -2.75. The van der Waals surface area contributed by atoms with Crippen LogP contribution in [0.25, 0.3) is 6.08 Å². The third-order valence-electron chi connectivity index (χ3n) is 3.58. The van der Waals surface area contributed by atoms with Crippen LogP contribution in [0.4, 0.5) is 11.4 Å². The van der Waals surface area contributed by atoms with Crippen LogP contribution in [0.3, 0.4) is 0 Å². The Balaban J connectivity index is 2.02. The van der Waals surface area contributed by atoms with E-state index in [4.69, 9.17) is 10.5 Å². The fourth-order valence-electron chi connectivity index (χ4n) is 2.31. The molecule has 4 nitrogen and oxygen atoms in total. The van der Waals surface area contributed by atoms with Gasteiger partial charge in [-0.2, -0.15) is 0 Å². The number of amides is 1. The number of nitrogens with two attached hydrogens (primary N) is 1. The number of rotatable bonds is 7. The van der Waals surface area contributed by atoms with Crippen molar-refractivity contribution in [1.29, 1.82) is 0 Å². The van der Waals surface area contributed by atoms with Gasteiger partial charge in [-0.1, -0.05) is 38.1 Å². The lowest BCUT2D eigenvalue weighted by Crippen LogP contribution is -2.09. The van der Waals surface area contributed by atoms with Crippen LogP contribution < -0.4 is 15.8 Å². The molecule has 0 radical (unpaired) electrons. The first-order valence-corrected chi connectivity index (χ1v) is 8.23. The minimum absolute atomic E-state index is 0.166. The number of hydrogen-bond acceptors (Lipinski definition) is 3. The molecule has 0 fully saturated rings. The number of carbonyl (C=O) groups is 1. The summed E-state index contributed by atoms with van der Waals surface area (Å²) in [6.45, 7) is 4.74. The third kappa shape index (κ3) is 4.88. The minimum atomic E-state index is -0.166. The van der Waals surface area contributed by atoms with Gasteiger partial charge < -0.3 is 15.8 Å². The number of anilines is 2. The lowest BCUT2D eigenvalue weighted by molar-refractivity contribution is -0.111. The van der Waals surface area contributed by atoms with Crippen LogP contribution in [-0.4, -0.2) is 12.5 Å². The molecule has 0 saturated carbocycles. The highest BCUT2D eigenvalue weighted by Gasteiger charge is 2.03. The Bertz CT molecular complexity index is 723. The lowest BCUT2D eigenvalue weighted by atomic mass is 10.1. The van der Waals surface area contributed by atoms with Crippen LogP contribution in [0.1, 0.15) is 31.4 Å². The first-order chi connectivity index (χ1) is 11.6. The molecule has 0 aromatic heterocycles. The maximum Gasteiger partial charge on any atom is 0.248 e. The number of carbonyl (C=O) groups excluding carboxylic acids is 1. The highest BCUT2D eigenvalue weighted by atomic mass is 16.5. The maximum atomic E-state index is 12.1. The smallest absolute Gasteiger partial charge is 0.248 e. The first-order valence-electron chi connectivity index (χ1n) is 8.23. The van der Waals surface area contributed by atoms with E-state index < -0.39 is 0 Å². The second-order valence-corrected chi connectivity index (χ2v) is 5.48. The summed E-state index contributed by atoms with van der Waals surface area (Å²) in [5, 5.41) is 2.90. The van der Waals surface area contributed by atoms with Gasteiger partial charge in [-0.15, -0.1) is 0 Å². The van der Waals surface area contributed by atoms with E-state index in [1.807, 2.05) is 43.3 Å². The highest BCUT2D eigenvalue weighted by molar-refractivity contribution is 6.02. The van der Waals surface area contributed by atoms with Crippen molar-refractivity contribution < 1.29 is 9.53 Å². The van der Waals surface area contributed by atoms with Gasteiger partial charge in [0, 0.05) is 11.8 Å². The standard InChI is InChI=1S/C20H24N2O2/c1-3-13-24-19-11-9-15(14-17(19)21)10-12-20(23)22-18-8-6-5-7-16(18)4-2/h5-12,14H,3-4,13,21H2,1-2H3,(H,22,23)/b12-10-. The van der Waals surface area contributed by atoms with E-state index in [2.05, 4.69) is 12.2 Å². The van der Waals surface area contributed by atoms with Crippen LogP contribution >= 0.6 is 0 Å². The molecule has 4 heteroatoms. The van der Waals surface area contributed by atoms with E-state index in [1.165, 1.54) is 6.08 Å². The van der Waals surface area contributed by atoms with Crippen LogP contribution in [0.2, 0.25) is 0 Å². The largest absolute Gasteiger partial charge is 0.491 e. The van der Waals surface area contributed by atoms with E-state index in [0.717, 1.165) is 29.7 Å². The molecular formula is C20H24N2O2. The van der Waals surface area contributed by atoms with Crippen molar-refractivity contribution >= 4 is 23.4 Å². The fraction of sp³-hybridized carbons (Fsp3) is 0.250. The molecule has 0 aliphatic heterocycles. The number of ether oxygens (including phenoxy) is 1. The monoisotopic (exact) mass is 324 g/mol. The molecule has 2 aromatic rings. The molecule has 0 unspecified atom stereocenters. The summed E-state index contributed by atoms with van der Waals surface area (Å²) in [4.78, 5) is 12.1. The number of aryl methyl sites for hydroxylation is 1. The zero-order chi connectivity index (χ0) is 17.4. The normalized spacial score (nSPS) is 10.8. The molecule has 0 spiro atoms. The van der Waals surface area contributed by atoms with Gasteiger partial charge in [-0.05, 0) is 48.2 Å². The topological polar surface area (TPSA) is 64.3 Å². The Morgan fingerprint density at radius 1 is 1.21 bits per heavy atom. The van der Waals surface area contributed by atoms with Gasteiger partial charge in [-0.25, -0.2) is 0 Å². The van der Waals surface area contributed by atoms with E-state index in [0.29, 0.717) is 18.0 Å². The lowest BCUT2D eigenvalue weighted by Gasteiger charge is -2.08. The van der Waals surface area contributed by atoms with E-state index in [9.17, 15) is 4.79 Å². The molecule has 0 aliphatic rings. The Morgan fingerprint density at radius 3 is 2.71 bits per heavy atom. The molecule has 0 bridgehead atoms. The maximum absolute atomic E-state index is 12.1. The Morgan fingerprint density at radius 2 is 2.00 bits per heavy atom. The molecule has 2 aromatic carbocycles. The van der Waals surface area contributed by atoms with Gasteiger partial charge in [0.25, 0.3) is 0 Å². The summed E-state index contributed by atoms with van der Waals surface area (Å²) in [5.74, 6) is 0.510. The van der Waals surface area contributed by atoms with E-state index in [1.54, 1.807) is 12.1 Å². The molecule has 24 heavy (non-hydrogen) atoms. The molecule has 3 N–H and O–H groups in total. The van der Waals surface area contributed by atoms with Crippen molar-refractivity contribution in [2.45, 2.75) is 26.7 Å². The Labute approximate surface area is 143 Å². The van der Waals surface area contributed by atoms with Crippen molar-refractivity contribution in [2.24, 2.45) is 0 Å². The zero-order valence-corrected chi connectivity index (χ0v) is 14.2. The summed E-state index contributed by atoms with van der Waals surface area (Å²) < 4.78 is 5.54. The van der Waals surface area contributed by atoms with Crippen LogP contribution in [-0.2, 0) is 11.2 Å². The van der Waals surface area contributed by atoms with Crippen molar-refractivity contribution in [1.82, 2.24) is 0 Å². The number of hydrogen-bond donors (Lipinski definition) is 2. The molecule has 0 saturated heterocycles. The molecule has 2 rings (SSSR count). The van der Waals surface area contributed by atoms with Crippen molar-refractivity contribution in [3.05, 3.63) is 59.7 Å². The number of nitrogens with one attached hydrogen (secondary N) is 1. The quantitative estimate of drug-likeness (QED) is 0.590. The van der Waals surface area contributed by atoms with Gasteiger partial charge in [0.15, 0.2) is 0 Å². The fourth-order valence-corrected chi connectivity index (χ4v) is 2.31. The van der Waals surface area contributed by atoms with E-state index in [-0.39, 0.29) is 5.91 Å². The molecule has 126 valence electrons. The zero-order valence-electron chi connectivity index (χ0n) is 14.2. The second-order valence-electron chi connectivity index (χ2n) is 5.48. The third-order valence-corrected chi connectivity index (χ3v) is 3.58. The van der Waals surface area contributed by atoms with E-state index >= 15 is 0 Å². The molecule has 0 aliphatic carbocycles. The van der Waals surface area contributed by atoms with Crippen molar-refractivity contribution in [3.8, 4) is 5.75 Å². The van der Waals surface area contributed by atoms with Crippen LogP contribution in [0, 0.1) is 0 Å². The summed E-state index contributed by atoms with van der Waals surface area (Å²) in [7, 11) is 0. The van der Waals surface area contributed by atoms with Gasteiger partial charge in [0.1, 0.15) is 5.75 Å². The van der Waals surface area contributed by atoms with Gasteiger partial charge in [-0.3, -0.25) is 4.79 Å². The summed E-state index contributed by atoms with van der Waals surface area (Å²) in [5.41, 5.74) is 9.36. The van der Waals surface area contributed by atoms with Crippen molar-refractivity contribution in [2.75, 3.05) is 17.7 Å². The predicted molar refractivity (Wildman–Crippen MR) is 100 cm³/mol. The summed E-state index contributed by atoms with van der Waals surface area (Å²) >= 11 is 0. The molecule has 1 amide bonds. The van der Waals surface area contributed by atoms with Crippen molar-refractivity contribution in [3.63, 3.8) is 0 Å². The highest BCUT2D eigenvalue weighted by Crippen LogP contribution is 2.23. The average molecular weight is 324 g/mol. The summed E-state index contributed by atoms with van der Waals surface area (Å²) in [6.07, 6.45) is 5.05. The van der Waals surface area contributed by atoms with Crippen LogP contribution in [0.5, 0.6) is 5.75 Å². The van der Waals surface area contributed by atoms with Gasteiger partial charge >= 0.3 is 0 Å². The first kappa shape index (κ1) is 17.6. The molecular weight excluding hydrogens is 300 g/mol. The summed E-state index contributed by atoms with van der Waals surface area (Å²) in [6, 6.07) is 13.3. The SMILES string of the molecule is CCCOc1ccc(/C=C\C(=O)Nc2ccccc2CC)cc1N. The molecule has 0 heterocycles. The second kappa shape index (κ2) is 8.77. The number of benzene rings is 2. The number of para-hydroxylation sites is 1. The predicted octanol–water partition coefficient (Wildman–Crippen LogP) is 4.27.